The van der Waals surface area contributed by atoms with Crippen molar-refractivity contribution in [2.45, 2.75) is 76.4 Å². The van der Waals surface area contributed by atoms with Crippen LogP contribution < -0.4 is 10.4 Å². The maximum absolute atomic E-state index is 13.1. The summed E-state index contributed by atoms with van der Waals surface area (Å²) in [5, 5.41) is 19.8. The Balaban J connectivity index is 1.68. The molecule has 0 radical (unpaired) electrons. The van der Waals surface area contributed by atoms with Gasteiger partial charge in [0.25, 0.3) is 0 Å². The van der Waals surface area contributed by atoms with Crippen molar-refractivity contribution in [3.05, 3.63) is 40.1 Å². The summed E-state index contributed by atoms with van der Waals surface area (Å²) >= 11 is 0. The van der Waals surface area contributed by atoms with Crippen LogP contribution in [-0.2, 0) is 35.7 Å². The van der Waals surface area contributed by atoms with Crippen LogP contribution in [-0.4, -0.2) is 49.8 Å². The van der Waals surface area contributed by atoms with Crippen LogP contribution in [0.4, 0.5) is 5.69 Å². The predicted molar refractivity (Wildman–Crippen MR) is 128 cm³/mol. The maximum atomic E-state index is 13.1. The van der Waals surface area contributed by atoms with Crippen LogP contribution in [0.3, 0.4) is 0 Å². The molecule has 1 aromatic carbocycles. The molecule has 33 heavy (non-hydrogen) atoms. The lowest BCUT2D eigenvalue weighted by atomic mass is 9.99. The lowest BCUT2D eigenvalue weighted by Gasteiger charge is -2.32. The first-order chi connectivity index (χ1) is 15.4. The minimum Gasteiger partial charge on any atom is -0.845 e. The fourth-order valence-corrected chi connectivity index (χ4v) is 5.71. The number of benzene rings is 1. The van der Waals surface area contributed by atoms with Crippen LogP contribution in [0, 0.1) is 0 Å². The van der Waals surface area contributed by atoms with Crippen molar-refractivity contribution >= 4 is 21.7 Å². The van der Waals surface area contributed by atoms with E-state index >= 15 is 0 Å². The van der Waals surface area contributed by atoms with Crippen molar-refractivity contribution in [3.8, 4) is 0 Å². The standard InChI is InChI=1S/C24H35N5O3S/c1-15(2)28-21(16(3)29(4,5)6)14-22(26-28)33(31,32)27-24(30)25-23-19-11-7-9-17(19)13-18-10-8-12-20(18)23/h13-16H,7-12H2,1-6H3,(H-,25,27,30). The third-order valence-electron chi connectivity index (χ3n) is 6.99. The highest BCUT2D eigenvalue weighted by Gasteiger charge is 2.30. The van der Waals surface area contributed by atoms with Crippen LogP contribution in [0.2, 0.25) is 0 Å². The summed E-state index contributed by atoms with van der Waals surface area (Å²) in [6, 6.07) is 2.94. The molecular formula is C24H35N5O3S. The van der Waals surface area contributed by atoms with E-state index in [0.29, 0.717) is 4.48 Å². The summed E-state index contributed by atoms with van der Waals surface area (Å²) in [6.45, 7) is 5.94. The van der Waals surface area contributed by atoms with E-state index in [0.717, 1.165) is 61.0 Å². The van der Waals surface area contributed by atoms with Gasteiger partial charge >= 0.3 is 10.0 Å². The van der Waals surface area contributed by atoms with Crippen LogP contribution in [0.15, 0.2) is 21.6 Å². The van der Waals surface area contributed by atoms with Gasteiger partial charge in [-0.3, -0.25) is 4.68 Å². The summed E-state index contributed by atoms with van der Waals surface area (Å²) in [4.78, 5) is 0. The molecule has 0 bridgehead atoms. The molecule has 1 aromatic heterocycles. The van der Waals surface area contributed by atoms with Crippen molar-refractivity contribution in [2.24, 2.45) is 4.40 Å². The number of sulfonamides is 1. The van der Waals surface area contributed by atoms with E-state index in [1.165, 1.54) is 11.1 Å². The highest BCUT2D eigenvalue weighted by atomic mass is 32.2. The zero-order valence-corrected chi connectivity index (χ0v) is 21.3. The Morgan fingerprint density at radius 2 is 1.64 bits per heavy atom. The number of nitrogens with one attached hydrogen (secondary N) is 1. The van der Waals surface area contributed by atoms with E-state index in [2.05, 4.69) is 20.9 Å². The molecule has 2 aliphatic carbocycles. The molecule has 0 fully saturated rings. The van der Waals surface area contributed by atoms with E-state index in [1.807, 2.05) is 41.9 Å². The Labute approximate surface area is 197 Å². The average Bonchev–Trinajstić information content (AvgIpc) is 3.44. The summed E-state index contributed by atoms with van der Waals surface area (Å²) in [6.07, 6.45) is 5.90. The number of rotatable bonds is 6. The second-order valence-electron chi connectivity index (χ2n) is 10.5. The number of nitrogens with zero attached hydrogens (tertiary/aromatic N) is 4. The molecule has 0 amide bonds. The maximum Gasteiger partial charge on any atom is 0.302 e. The monoisotopic (exact) mass is 473 g/mol. The zero-order valence-electron chi connectivity index (χ0n) is 20.5. The van der Waals surface area contributed by atoms with Crippen molar-refractivity contribution in [2.75, 3.05) is 26.5 Å². The molecule has 0 spiro atoms. The second kappa shape index (κ2) is 8.43. The molecule has 1 unspecified atom stereocenters. The summed E-state index contributed by atoms with van der Waals surface area (Å²) < 4.78 is 32.0. The molecule has 2 aromatic rings. The van der Waals surface area contributed by atoms with Gasteiger partial charge in [-0.15, -0.1) is 0 Å². The van der Waals surface area contributed by atoms with Crippen LogP contribution in [0.5, 0.6) is 0 Å². The SMILES string of the molecule is CC(C)n1nc(S(=O)(=O)/N=C(\[O-])Nc2c3c(cc4c2CCC4)CCC3)cc1C(C)[N+](C)(C)C. The summed E-state index contributed by atoms with van der Waals surface area (Å²) in [7, 11) is 1.89. The minimum absolute atomic E-state index is 0.00664. The number of anilines is 1. The van der Waals surface area contributed by atoms with Crippen LogP contribution >= 0.6 is 0 Å². The number of hydrogen-bond donors (Lipinski definition) is 1. The van der Waals surface area contributed by atoms with E-state index < -0.39 is 16.0 Å². The Hall–Kier alpha value is -2.39. The topological polar surface area (TPSA) is 99.4 Å². The highest BCUT2D eigenvalue weighted by molar-refractivity contribution is 7.90. The van der Waals surface area contributed by atoms with E-state index in [-0.39, 0.29) is 17.1 Å². The quantitative estimate of drug-likeness (QED) is 0.395. The first kappa shape index (κ1) is 23.8. The highest BCUT2D eigenvalue weighted by Crippen LogP contribution is 2.38. The molecule has 0 aliphatic heterocycles. The fraction of sp³-hybridized carbons (Fsp3) is 0.583. The van der Waals surface area contributed by atoms with Crippen molar-refractivity contribution in [1.82, 2.24) is 9.78 Å². The molecule has 1 atom stereocenters. The second-order valence-corrected chi connectivity index (χ2v) is 12.0. The predicted octanol–water partition coefficient (Wildman–Crippen LogP) is 2.73. The van der Waals surface area contributed by atoms with Gasteiger partial charge in [-0.25, -0.2) is 0 Å². The molecule has 0 saturated heterocycles. The number of amidine groups is 1. The van der Waals surface area contributed by atoms with E-state index in [9.17, 15) is 13.5 Å². The first-order valence-corrected chi connectivity index (χ1v) is 13.2. The van der Waals surface area contributed by atoms with Gasteiger partial charge in [0.2, 0.25) is 0 Å². The number of hydrogen-bond acceptors (Lipinski definition) is 4. The molecule has 4 rings (SSSR count). The van der Waals surface area contributed by atoms with E-state index in [1.54, 1.807) is 10.7 Å². The lowest BCUT2D eigenvalue weighted by molar-refractivity contribution is -0.900. The number of aromatic nitrogens is 2. The molecular weight excluding hydrogens is 438 g/mol. The minimum atomic E-state index is -4.25. The molecule has 180 valence electrons. The molecule has 0 saturated carbocycles. The van der Waals surface area contributed by atoms with Crippen LogP contribution in [0.25, 0.3) is 0 Å². The van der Waals surface area contributed by atoms with Gasteiger partial charge in [-0.1, -0.05) is 6.07 Å². The van der Waals surface area contributed by atoms with E-state index in [4.69, 9.17) is 0 Å². The summed E-state index contributed by atoms with van der Waals surface area (Å²) in [5.41, 5.74) is 6.39. The number of aryl methyl sites for hydroxylation is 2. The number of quaternary nitrogens is 1. The van der Waals surface area contributed by atoms with Gasteiger partial charge in [-0.2, -0.15) is 17.9 Å². The van der Waals surface area contributed by atoms with Gasteiger partial charge in [-0.05, 0) is 81.5 Å². The van der Waals surface area contributed by atoms with Crippen molar-refractivity contribution in [1.29, 1.82) is 0 Å². The normalized spacial score (nSPS) is 17.4. The third-order valence-corrected chi connectivity index (χ3v) is 8.13. The smallest absolute Gasteiger partial charge is 0.302 e. The van der Waals surface area contributed by atoms with Gasteiger partial charge in [0.05, 0.1) is 32.9 Å². The first-order valence-electron chi connectivity index (χ1n) is 11.7. The third kappa shape index (κ3) is 4.53. The molecule has 8 nitrogen and oxygen atoms in total. The lowest BCUT2D eigenvalue weighted by Crippen LogP contribution is -2.38. The van der Waals surface area contributed by atoms with Crippen LogP contribution in [0.1, 0.15) is 73.6 Å². The van der Waals surface area contributed by atoms with Crippen molar-refractivity contribution < 1.29 is 18.0 Å². The fourth-order valence-electron chi connectivity index (χ4n) is 4.89. The Morgan fingerprint density at radius 1 is 1.06 bits per heavy atom. The zero-order chi connectivity index (χ0) is 24.1. The molecule has 2 aliphatic rings. The summed E-state index contributed by atoms with van der Waals surface area (Å²) in [5.74, 6) is 0. The molecule has 9 heteroatoms. The van der Waals surface area contributed by atoms with Gasteiger partial charge < -0.3 is 14.9 Å². The Kier molecular flexibility index (Phi) is 6.07. The number of fused-ring (bicyclic) bond motifs is 2. The molecule has 1 N–H and O–H groups in total. The van der Waals surface area contributed by atoms with Gasteiger partial charge in [0.15, 0.2) is 5.03 Å². The van der Waals surface area contributed by atoms with Crippen molar-refractivity contribution in [3.63, 3.8) is 0 Å². The Morgan fingerprint density at radius 3 is 2.15 bits per heavy atom. The average molecular weight is 474 g/mol. The largest absolute Gasteiger partial charge is 0.845 e. The van der Waals surface area contributed by atoms with Gasteiger partial charge in [0.1, 0.15) is 6.04 Å². The van der Waals surface area contributed by atoms with Gasteiger partial charge in [0, 0.05) is 17.8 Å². The molecule has 1 heterocycles. The Bertz CT molecular complexity index is 1170.